The number of nitrogens with one attached hydrogen (secondary N) is 2. The summed E-state index contributed by atoms with van der Waals surface area (Å²) in [5, 5.41) is 6.18. The summed E-state index contributed by atoms with van der Waals surface area (Å²) in [5.74, 6) is 0.135. The summed E-state index contributed by atoms with van der Waals surface area (Å²) in [6.45, 7) is 1.72. The first-order valence-corrected chi connectivity index (χ1v) is 10.6. The first kappa shape index (κ1) is 23.1. The zero-order valence-corrected chi connectivity index (χ0v) is 18.0. The Morgan fingerprint density at radius 1 is 1.03 bits per heavy atom. The normalized spacial score (nSPS) is 14.9. The van der Waals surface area contributed by atoms with Gasteiger partial charge in [0.15, 0.2) is 0 Å². The second-order valence-electron chi connectivity index (χ2n) is 7.72. The topological polar surface area (TPSA) is 95.9 Å². The monoisotopic (exact) mass is 469 g/mol. The Kier molecular flexibility index (Phi) is 7.00. The smallest absolute Gasteiger partial charge is 0.381 e. The second kappa shape index (κ2) is 10.3. The van der Waals surface area contributed by atoms with Gasteiger partial charge in [-0.05, 0) is 37.1 Å². The van der Waals surface area contributed by atoms with Gasteiger partial charge in [0, 0.05) is 61.2 Å². The molecule has 1 aliphatic heterocycles. The van der Waals surface area contributed by atoms with E-state index in [1.54, 1.807) is 24.8 Å². The van der Waals surface area contributed by atoms with Crippen LogP contribution in [0.1, 0.15) is 18.5 Å². The fraction of sp³-hybridized carbons (Fsp3) is 0.261. The van der Waals surface area contributed by atoms with Crippen molar-refractivity contribution in [3.8, 4) is 11.1 Å². The highest BCUT2D eigenvalue weighted by Crippen LogP contribution is 2.29. The third kappa shape index (κ3) is 6.06. The lowest BCUT2D eigenvalue weighted by molar-refractivity contribution is -0.141. The first-order valence-electron chi connectivity index (χ1n) is 10.6. The molecule has 1 aliphatic rings. The average molecular weight is 469 g/mol. The highest BCUT2D eigenvalue weighted by Gasteiger charge is 2.32. The number of allylic oxidation sites excluding steroid dienone is 1. The maximum atomic E-state index is 12.8. The number of pyridine rings is 2. The Morgan fingerprint density at radius 2 is 1.79 bits per heavy atom. The lowest BCUT2D eigenvalue weighted by Gasteiger charge is -2.32. The molecule has 3 aromatic rings. The Bertz CT molecular complexity index is 1140. The van der Waals surface area contributed by atoms with Crippen molar-refractivity contribution in [2.24, 2.45) is 0 Å². The van der Waals surface area contributed by atoms with E-state index >= 15 is 0 Å². The molecule has 11 heteroatoms. The molecule has 1 fully saturated rings. The number of alkyl halides is 3. The number of hydrogen-bond acceptors (Lipinski definition) is 8. The van der Waals surface area contributed by atoms with Crippen LogP contribution in [0, 0.1) is 0 Å². The van der Waals surface area contributed by atoms with Gasteiger partial charge in [0.2, 0.25) is 5.95 Å². The van der Waals surface area contributed by atoms with Gasteiger partial charge in [-0.3, -0.25) is 9.78 Å². The summed E-state index contributed by atoms with van der Waals surface area (Å²) >= 11 is 0. The third-order valence-electron chi connectivity index (χ3n) is 5.28. The molecule has 2 N–H and O–H groups in total. The number of hydrogen-bond donors (Lipinski definition) is 2. The van der Waals surface area contributed by atoms with Crippen molar-refractivity contribution < 1.29 is 18.0 Å². The number of carbonyl (C=O) groups excluding carboxylic acids is 1. The van der Waals surface area contributed by atoms with Crippen LogP contribution in [-0.2, 0) is 11.0 Å². The van der Waals surface area contributed by atoms with Crippen molar-refractivity contribution in [3.05, 3.63) is 67.0 Å². The van der Waals surface area contributed by atoms with Gasteiger partial charge in [0.1, 0.15) is 17.8 Å². The molecule has 176 valence electrons. The van der Waals surface area contributed by atoms with Crippen LogP contribution < -0.4 is 10.6 Å². The molecule has 0 amide bonds. The minimum absolute atomic E-state index is 0.00290. The summed E-state index contributed by atoms with van der Waals surface area (Å²) in [4.78, 5) is 28.8. The quantitative estimate of drug-likeness (QED) is 0.391. The molecule has 0 radical (unpaired) electrons. The maximum absolute atomic E-state index is 12.8. The fourth-order valence-corrected chi connectivity index (χ4v) is 3.58. The van der Waals surface area contributed by atoms with Crippen molar-refractivity contribution in [1.29, 1.82) is 0 Å². The summed E-state index contributed by atoms with van der Waals surface area (Å²) in [5.41, 5.74) is 1.40. The molecule has 0 aromatic carbocycles. The third-order valence-corrected chi connectivity index (χ3v) is 5.28. The standard InChI is InChI=1S/C23H22F3N7O/c24-23(25,26)20-3-1-4-21(31-20)32-22-28-13-17(14-29-22)16-11-19(15-27-12-16)30-18-5-8-33(9-6-18)7-2-10-34/h1-4,7,10-15,18,30H,5-6,8-9H2,(H,28,29,31,32). The van der Waals surface area contributed by atoms with Crippen LogP contribution in [0.25, 0.3) is 11.1 Å². The van der Waals surface area contributed by atoms with Crippen LogP contribution in [0.5, 0.6) is 0 Å². The van der Waals surface area contributed by atoms with E-state index in [4.69, 9.17) is 0 Å². The van der Waals surface area contributed by atoms with E-state index in [1.807, 2.05) is 12.3 Å². The fourth-order valence-electron chi connectivity index (χ4n) is 3.58. The maximum Gasteiger partial charge on any atom is 0.433 e. The van der Waals surface area contributed by atoms with Gasteiger partial charge in [0.05, 0.1) is 5.69 Å². The molecule has 8 nitrogen and oxygen atoms in total. The summed E-state index contributed by atoms with van der Waals surface area (Å²) < 4.78 is 38.5. The van der Waals surface area contributed by atoms with Crippen LogP contribution in [0.15, 0.2) is 61.3 Å². The molecular formula is C23H22F3N7O. The highest BCUT2D eigenvalue weighted by atomic mass is 19.4. The number of rotatable bonds is 7. The van der Waals surface area contributed by atoms with Crippen LogP contribution in [0.3, 0.4) is 0 Å². The summed E-state index contributed by atoms with van der Waals surface area (Å²) in [6, 6.07) is 5.82. The van der Waals surface area contributed by atoms with E-state index in [1.165, 1.54) is 18.2 Å². The number of aromatic nitrogens is 4. The predicted octanol–water partition coefficient (Wildman–Crippen LogP) is 4.28. The van der Waals surface area contributed by atoms with E-state index in [9.17, 15) is 18.0 Å². The van der Waals surface area contributed by atoms with Crippen LogP contribution >= 0.6 is 0 Å². The molecule has 0 atom stereocenters. The number of likely N-dealkylation sites (tertiary alicyclic amines) is 1. The minimum atomic E-state index is -4.53. The molecule has 0 unspecified atom stereocenters. The number of piperidine rings is 1. The zero-order valence-electron chi connectivity index (χ0n) is 18.0. The number of carbonyl (C=O) groups is 1. The average Bonchev–Trinajstić information content (AvgIpc) is 2.84. The molecule has 0 saturated carbocycles. The van der Waals surface area contributed by atoms with E-state index in [2.05, 4.69) is 35.5 Å². The number of nitrogens with zero attached hydrogens (tertiary/aromatic N) is 5. The Labute approximate surface area is 194 Å². The molecular weight excluding hydrogens is 447 g/mol. The van der Waals surface area contributed by atoms with Crippen LogP contribution in [0.2, 0.25) is 0 Å². The van der Waals surface area contributed by atoms with Crippen molar-refractivity contribution in [3.63, 3.8) is 0 Å². The number of aldehydes is 1. The highest BCUT2D eigenvalue weighted by molar-refractivity contribution is 5.66. The molecule has 34 heavy (non-hydrogen) atoms. The van der Waals surface area contributed by atoms with Crippen LogP contribution in [0.4, 0.5) is 30.6 Å². The SMILES string of the molecule is O=CC=CN1CCC(Nc2cncc(-c3cnc(Nc4cccc(C(F)(F)F)n4)nc3)c2)CC1. The Morgan fingerprint density at radius 3 is 2.50 bits per heavy atom. The lowest BCUT2D eigenvalue weighted by atomic mass is 10.0. The molecule has 3 aromatic heterocycles. The van der Waals surface area contributed by atoms with Crippen molar-refractivity contribution >= 4 is 23.7 Å². The molecule has 0 bridgehead atoms. The number of anilines is 3. The Hall–Kier alpha value is -4.02. The molecule has 4 heterocycles. The van der Waals surface area contributed by atoms with E-state index < -0.39 is 11.9 Å². The van der Waals surface area contributed by atoms with Crippen LogP contribution in [-0.4, -0.2) is 50.3 Å². The molecule has 4 rings (SSSR count). The largest absolute Gasteiger partial charge is 0.433 e. The van der Waals surface area contributed by atoms with Gasteiger partial charge in [-0.15, -0.1) is 0 Å². The summed E-state index contributed by atoms with van der Waals surface area (Å²) in [6.07, 6.45) is 8.00. The Balaban J connectivity index is 1.38. The zero-order chi connectivity index (χ0) is 24.0. The first-order chi connectivity index (χ1) is 16.4. The van der Waals surface area contributed by atoms with E-state index in [0.717, 1.165) is 49.5 Å². The van der Waals surface area contributed by atoms with Gasteiger partial charge >= 0.3 is 6.18 Å². The van der Waals surface area contributed by atoms with Crippen molar-refractivity contribution in [2.45, 2.75) is 25.1 Å². The minimum Gasteiger partial charge on any atom is -0.381 e. The van der Waals surface area contributed by atoms with Gasteiger partial charge in [-0.25, -0.2) is 15.0 Å². The lowest BCUT2D eigenvalue weighted by Crippen LogP contribution is -2.36. The number of halogens is 3. The van der Waals surface area contributed by atoms with Gasteiger partial charge in [-0.1, -0.05) is 6.07 Å². The predicted molar refractivity (Wildman–Crippen MR) is 121 cm³/mol. The molecule has 0 aliphatic carbocycles. The van der Waals surface area contributed by atoms with E-state index in [0.29, 0.717) is 11.6 Å². The van der Waals surface area contributed by atoms with Crippen molar-refractivity contribution in [2.75, 3.05) is 23.7 Å². The van der Waals surface area contributed by atoms with Gasteiger partial charge in [-0.2, -0.15) is 13.2 Å². The second-order valence-corrected chi connectivity index (χ2v) is 7.72. The van der Waals surface area contributed by atoms with Crippen molar-refractivity contribution in [1.82, 2.24) is 24.8 Å². The summed E-state index contributed by atoms with van der Waals surface area (Å²) in [7, 11) is 0. The molecule has 1 saturated heterocycles. The van der Waals surface area contributed by atoms with Gasteiger partial charge < -0.3 is 15.5 Å². The van der Waals surface area contributed by atoms with E-state index in [-0.39, 0.29) is 11.8 Å². The van der Waals surface area contributed by atoms with Gasteiger partial charge in [0.25, 0.3) is 0 Å². The molecule has 0 spiro atoms.